The van der Waals surface area contributed by atoms with Gasteiger partial charge in [-0.2, -0.15) is 5.26 Å². The first kappa shape index (κ1) is 56.2. The lowest BCUT2D eigenvalue weighted by Crippen LogP contribution is -2.09. The molecule has 14 aromatic rings. The van der Waals surface area contributed by atoms with E-state index in [2.05, 4.69) is 306 Å². The molecule has 8 heteroatoms. The molecule has 0 saturated heterocycles. The van der Waals surface area contributed by atoms with Crippen molar-refractivity contribution in [3.8, 4) is 54.2 Å². The van der Waals surface area contributed by atoms with E-state index in [1.54, 1.807) is 17.4 Å². The van der Waals surface area contributed by atoms with Gasteiger partial charge in [0.25, 0.3) is 0 Å². The van der Waals surface area contributed by atoms with E-state index in [0.29, 0.717) is 0 Å². The highest BCUT2D eigenvalue weighted by atomic mass is 32.1. The minimum Gasteiger partial charge on any atom is -0.477 e. The summed E-state index contributed by atoms with van der Waals surface area (Å²) in [6, 6.07) is 109. The number of hydrogen-bond donors (Lipinski definition) is 1. The normalized spacial score (nSPS) is 11.6. The summed E-state index contributed by atoms with van der Waals surface area (Å²) in [4.78, 5) is 20.0. The Kier molecular flexibility index (Phi) is 15.9. The molecule has 0 atom stereocenters. The summed E-state index contributed by atoms with van der Waals surface area (Å²) in [5, 5.41) is 21.0. The number of thiophene rings is 2. The van der Waals surface area contributed by atoms with Crippen LogP contribution in [-0.4, -0.2) is 15.6 Å². The molecule has 0 amide bonds. The van der Waals surface area contributed by atoms with Crippen LogP contribution in [0, 0.1) is 11.3 Å². The van der Waals surface area contributed by atoms with Crippen LogP contribution in [0.1, 0.15) is 27.1 Å². The van der Waals surface area contributed by atoms with Crippen LogP contribution in [-0.2, 0) is 4.79 Å². The van der Waals surface area contributed by atoms with Gasteiger partial charge < -0.3 is 19.5 Å². The van der Waals surface area contributed by atoms with Gasteiger partial charge in [0, 0.05) is 70.1 Å². The molecule has 0 bridgehead atoms. The number of para-hydroxylation sites is 4. The van der Waals surface area contributed by atoms with Crippen molar-refractivity contribution in [3.63, 3.8) is 0 Å². The largest absolute Gasteiger partial charge is 0.477 e. The van der Waals surface area contributed by atoms with Gasteiger partial charge in [0.05, 0.1) is 11.0 Å². The van der Waals surface area contributed by atoms with Gasteiger partial charge in [-0.3, -0.25) is 0 Å². The highest BCUT2D eigenvalue weighted by Gasteiger charge is 2.18. The first-order valence-electron chi connectivity index (χ1n) is 29.7. The third-order valence-electron chi connectivity index (χ3n) is 16.1. The summed E-state index contributed by atoms with van der Waals surface area (Å²) < 4.78 is 2.37. The van der Waals surface area contributed by atoms with E-state index in [4.69, 9.17) is 0 Å². The minimum absolute atomic E-state index is 0.285. The predicted octanol–water partition coefficient (Wildman–Crippen LogP) is 22.8. The predicted molar refractivity (Wildman–Crippen MR) is 380 cm³/mol. The van der Waals surface area contributed by atoms with Crippen molar-refractivity contribution in [1.29, 1.82) is 5.26 Å². The van der Waals surface area contributed by atoms with Gasteiger partial charge in [-0.05, 0) is 190 Å². The molecule has 0 aliphatic rings. The second-order valence-electron chi connectivity index (χ2n) is 21.8. The Labute approximate surface area is 531 Å². The van der Waals surface area contributed by atoms with Gasteiger partial charge in [-0.1, -0.05) is 194 Å². The number of benzene rings is 11. The Bertz CT molecular complexity index is 4670. The smallest absolute Gasteiger partial charge is 0.346 e. The second kappa shape index (κ2) is 25.4. The molecule has 14 rings (SSSR count). The van der Waals surface area contributed by atoms with E-state index in [0.717, 1.165) is 120 Å². The van der Waals surface area contributed by atoms with E-state index in [1.807, 2.05) is 36.4 Å². The lowest BCUT2D eigenvalue weighted by atomic mass is 9.99. The Balaban J connectivity index is 0.745. The maximum absolute atomic E-state index is 11.5. The Morgan fingerprint density at radius 3 is 1.11 bits per heavy atom. The molecule has 6 nitrogen and oxygen atoms in total. The summed E-state index contributed by atoms with van der Waals surface area (Å²) >= 11 is 3.16. The van der Waals surface area contributed by atoms with Gasteiger partial charge in [0.2, 0.25) is 0 Å². The van der Waals surface area contributed by atoms with Crippen molar-refractivity contribution < 1.29 is 9.90 Å². The second-order valence-corrected chi connectivity index (χ2v) is 24.0. The molecular formula is C82H56N4O2S2. The fourth-order valence-electron chi connectivity index (χ4n) is 11.5. The van der Waals surface area contributed by atoms with Crippen LogP contribution < -0.4 is 9.80 Å². The highest BCUT2D eigenvalue weighted by molar-refractivity contribution is 7.24. The van der Waals surface area contributed by atoms with Gasteiger partial charge >= 0.3 is 5.97 Å². The number of rotatable bonds is 17. The van der Waals surface area contributed by atoms with Crippen LogP contribution in [0.15, 0.2) is 309 Å². The van der Waals surface area contributed by atoms with Crippen molar-refractivity contribution in [1.82, 2.24) is 4.57 Å². The summed E-state index contributed by atoms with van der Waals surface area (Å²) in [6.45, 7) is 0. The lowest BCUT2D eigenvalue weighted by molar-refractivity contribution is -0.132. The highest BCUT2D eigenvalue weighted by Crippen LogP contribution is 2.42. The van der Waals surface area contributed by atoms with Gasteiger partial charge in [0.1, 0.15) is 11.6 Å². The number of nitriles is 1. The summed E-state index contributed by atoms with van der Waals surface area (Å²) in [7, 11) is 0. The van der Waals surface area contributed by atoms with Crippen LogP contribution in [0.4, 0.5) is 34.1 Å². The molecule has 11 aromatic carbocycles. The Morgan fingerprint density at radius 2 is 0.711 bits per heavy atom. The molecule has 3 heterocycles. The summed E-state index contributed by atoms with van der Waals surface area (Å²) in [5.41, 5.74) is 19.8. The molecule has 0 spiro atoms. The number of anilines is 6. The number of aromatic nitrogens is 1. The molecule has 0 aliphatic carbocycles. The first-order chi connectivity index (χ1) is 44.3. The van der Waals surface area contributed by atoms with E-state index in [-0.39, 0.29) is 5.57 Å². The molecular weight excluding hydrogens is 1140 g/mol. The third-order valence-corrected chi connectivity index (χ3v) is 18.4. The van der Waals surface area contributed by atoms with Crippen molar-refractivity contribution in [2.75, 3.05) is 9.80 Å². The maximum atomic E-state index is 11.5. The van der Waals surface area contributed by atoms with Crippen LogP contribution in [0.5, 0.6) is 0 Å². The molecule has 1 N–H and O–H groups in total. The van der Waals surface area contributed by atoms with E-state index in [1.165, 1.54) is 28.2 Å². The quantitative estimate of drug-likeness (QED) is 0.0559. The zero-order valence-electron chi connectivity index (χ0n) is 48.7. The van der Waals surface area contributed by atoms with E-state index in [9.17, 15) is 15.2 Å². The fraction of sp³-hybridized carbons (Fsp3) is 0. The molecule has 0 fully saturated rings. The van der Waals surface area contributed by atoms with Crippen LogP contribution in [0.25, 0.3) is 100 Å². The minimum atomic E-state index is -1.23. The number of hydrogen-bond acceptors (Lipinski definition) is 6. The van der Waals surface area contributed by atoms with Crippen molar-refractivity contribution in [2.24, 2.45) is 0 Å². The van der Waals surface area contributed by atoms with Crippen molar-refractivity contribution in [3.05, 3.63) is 336 Å². The average molecular weight is 1190 g/mol. The molecule has 0 saturated carbocycles. The monoisotopic (exact) mass is 1190 g/mol. The fourth-order valence-corrected chi connectivity index (χ4v) is 13.6. The molecule has 0 radical (unpaired) electrons. The Hall–Kier alpha value is -11.6. The van der Waals surface area contributed by atoms with Crippen LogP contribution in [0.3, 0.4) is 0 Å². The number of fused-ring (bicyclic) bond motifs is 3. The standard InChI is InChI=1S/C82H56N4O2S2/c83-56-66(82(87)88)53-74-47-50-80(89-74)81-52-51-79(90-81)63-37-45-73(46-38-63)86-77-48-39-64(61-33-25-57(26-34-61)21-23-59-29-41-71(42-30-59)84(67-13-5-1-6-14-67)68-15-7-2-8-16-68)54-75(77)76-55-65(40-49-78(76)86)62-35-27-58(28-36-62)22-24-60-31-43-72(44-32-60)85(69-17-9-3-10-18-69)70-19-11-4-12-20-70/h1-55H,(H,87,88)/b23-21+,24-22+,66-53+. The first-order valence-corrected chi connectivity index (χ1v) is 31.3. The number of carbonyl (C=O) groups is 1. The zero-order valence-corrected chi connectivity index (χ0v) is 50.3. The van der Waals surface area contributed by atoms with E-state index >= 15 is 0 Å². The number of carboxylic acids is 1. The molecule has 0 unspecified atom stereocenters. The molecule has 90 heavy (non-hydrogen) atoms. The number of aliphatic carboxylic acids is 1. The summed E-state index contributed by atoms with van der Waals surface area (Å²) in [6.07, 6.45) is 10.1. The Morgan fingerprint density at radius 1 is 0.367 bits per heavy atom. The van der Waals surface area contributed by atoms with Gasteiger partial charge in [-0.15, -0.1) is 22.7 Å². The van der Waals surface area contributed by atoms with Crippen LogP contribution >= 0.6 is 22.7 Å². The maximum Gasteiger partial charge on any atom is 0.346 e. The van der Waals surface area contributed by atoms with Crippen molar-refractivity contribution in [2.45, 2.75) is 0 Å². The van der Waals surface area contributed by atoms with Gasteiger partial charge in [-0.25, -0.2) is 4.79 Å². The average Bonchev–Trinajstić information content (AvgIpc) is 1.60. The van der Waals surface area contributed by atoms with E-state index < -0.39 is 5.97 Å². The molecule has 3 aromatic heterocycles. The number of nitrogens with zero attached hydrogens (tertiary/aromatic N) is 4. The third kappa shape index (κ3) is 12.0. The molecule has 0 aliphatic heterocycles. The lowest BCUT2D eigenvalue weighted by Gasteiger charge is -2.25. The van der Waals surface area contributed by atoms with Crippen molar-refractivity contribution >= 4 is 115 Å². The van der Waals surface area contributed by atoms with Gasteiger partial charge in [0.15, 0.2) is 0 Å². The van der Waals surface area contributed by atoms with Crippen LogP contribution in [0.2, 0.25) is 0 Å². The SMILES string of the molecule is N#C/C(=C\c1ccc(-c2ccc(-c3ccc(-n4c5ccc(-c6ccc(/C=C/c7ccc(N(c8ccccc8)c8ccccc8)cc7)cc6)cc5c5cc(-c6ccc(/C=C/c7ccc(N(c8ccccc8)c8ccccc8)cc7)cc6)ccc54)cc3)s2)s1)C(=O)O. The topological polar surface area (TPSA) is 72.5 Å². The number of carboxylic acid groups (broad SMARTS) is 1. The molecule has 428 valence electrons. The summed E-state index contributed by atoms with van der Waals surface area (Å²) in [5.74, 6) is -1.23. The zero-order chi connectivity index (χ0) is 60.8.